The van der Waals surface area contributed by atoms with E-state index < -0.39 is 0 Å². The molecule has 0 atom stereocenters. The Bertz CT molecular complexity index is 602. The predicted molar refractivity (Wildman–Crippen MR) is 71.2 cm³/mol. The van der Waals surface area contributed by atoms with Crippen molar-refractivity contribution in [3.8, 4) is 6.07 Å². The molecule has 0 radical (unpaired) electrons. The average Bonchev–Trinajstić information content (AvgIpc) is 2.47. The van der Waals surface area contributed by atoms with Crippen molar-refractivity contribution >= 4 is 5.91 Å². The Morgan fingerprint density at radius 1 is 1.21 bits per heavy atom. The SMILES string of the molecule is N#CCc1ccccc1C(=O)NCc1ccccn1. The number of pyridine rings is 1. The van der Waals surface area contributed by atoms with Gasteiger partial charge in [0.25, 0.3) is 5.91 Å². The van der Waals surface area contributed by atoms with Gasteiger partial charge in [-0.05, 0) is 23.8 Å². The van der Waals surface area contributed by atoms with Crippen LogP contribution in [0, 0.1) is 11.3 Å². The van der Waals surface area contributed by atoms with E-state index in [4.69, 9.17) is 5.26 Å². The van der Waals surface area contributed by atoms with Crippen LogP contribution in [-0.2, 0) is 13.0 Å². The van der Waals surface area contributed by atoms with E-state index >= 15 is 0 Å². The van der Waals surface area contributed by atoms with Crippen molar-refractivity contribution in [2.45, 2.75) is 13.0 Å². The molecule has 1 aromatic heterocycles. The Hall–Kier alpha value is -2.67. The fourth-order valence-corrected chi connectivity index (χ4v) is 1.75. The smallest absolute Gasteiger partial charge is 0.251 e. The van der Waals surface area contributed by atoms with Crippen molar-refractivity contribution in [3.05, 3.63) is 65.5 Å². The summed E-state index contributed by atoms with van der Waals surface area (Å²) in [4.78, 5) is 16.2. The summed E-state index contributed by atoms with van der Waals surface area (Å²) in [6.45, 7) is 0.376. The molecule has 4 heteroatoms. The summed E-state index contributed by atoms with van der Waals surface area (Å²) >= 11 is 0. The van der Waals surface area contributed by atoms with Crippen LogP contribution in [0.5, 0.6) is 0 Å². The number of nitriles is 1. The number of nitrogens with zero attached hydrogens (tertiary/aromatic N) is 2. The fraction of sp³-hybridized carbons (Fsp3) is 0.133. The van der Waals surface area contributed by atoms with Gasteiger partial charge in [0.1, 0.15) is 0 Å². The maximum absolute atomic E-state index is 12.1. The lowest BCUT2D eigenvalue weighted by Crippen LogP contribution is -2.24. The first kappa shape index (κ1) is 12.8. The molecule has 0 saturated heterocycles. The zero-order valence-electron chi connectivity index (χ0n) is 10.3. The van der Waals surface area contributed by atoms with Crippen LogP contribution < -0.4 is 5.32 Å². The number of hydrogen-bond acceptors (Lipinski definition) is 3. The van der Waals surface area contributed by atoms with Crippen LogP contribution in [-0.4, -0.2) is 10.9 Å². The van der Waals surface area contributed by atoms with E-state index in [1.807, 2.05) is 24.3 Å². The molecule has 0 aliphatic rings. The molecule has 1 aromatic carbocycles. The van der Waals surface area contributed by atoms with Crippen molar-refractivity contribution < 1.29 is 4.79 Å². The number of carbonyl (C=O) groups excluding carboxylic acids is 1. The van der Waals surface area contributed by atoms with Crippen LogP contribution in [0.15, 0.2) is 48.7 Å². The van der Waals surface area contributed by atoms with E-state index in [0.29, 0.717) is 12.1 Å². The van der Waals surface area contributed by atoms with Gasteiger partial charge in [0.2, 0.25) is 0 Å². The molecule has 94 valence electrons. The van der Waals surface area contributed by atoms with Crippen molar-refractivity contribution in [2.75, 3.05) is 0 Å². The molecule has 0 aliphatic carbocycles. The largest absolute Gasteiger partial charge is 0.346 e. The molecule has 0 fully saturated rings. The van der Waals surface area contributed by atoms with Gasteiger partial charge >= 0.3 is 0 Å². The quantitative estimate of drug-likeness (QED) is 0.904. The van der Waals surface area contributed by atoms with Crippen LogP contribution in [0.2, 0.25) is 0 Å². The van der Waals surface area contributed by atoms with Gasteiger partial charge in [0.15, 0.2) is 0 Å². The van der Waals surface area contributed by atoms with Crippen molar-refractivity contribution in [1.82, 2.24) is 10.3 Å². The Kier molecular flexibility index (Phi) is 4.25. The summed E-state index contributed by atoms with van der Waals surface area (Å²) < 4.78 is 0. The van der Waals surface area contributed by atoms with E-state index in [2.05, 4.69) is 16.4 Å². The highest BCUT2D eigenvalue weighted by atomic mass is 16.1. The van der Waals surface area contributed by atoms with Gasteiger partial charge in [-0.1, -0.05) is 24.3 Å². The van der Waals surface area contributed by atoms with Gasteiger partial charge in [0.05, 0.1) is 24.7 Å². The summed E-state index contributed by atoms with van der Waals surface area (Å²) in [6.07, 6.45) is 1.91. The van der Waals surface area contributed by atoms with Crippen molar-refractivity contribution in [3.63, 3.8) is 0 Å². The first-order chi connectivity index (χ1) is 9.31. The normalized spacial score (nSPS) is 9.63. The monoisotopic (exact) mass is 251 g/mol. The number of benzene rings is 1. The first-order valence-corrected chi connectivity index (χ1v) is 5.94. The minimum atomic E-state index is -0.184. The lowest BCUT2D eigenvalue weighted by Gasteiger charge is -2.07. The second-order valence-corrected chi connectivity index (χ2v) is 4.00. The topological polar surface area (TPSA) is 65.8 Å². The summed E-state index contributed by atoms with van der Waals surface area (Å²) in [6, 6.07) is 14.7. The molecular formula is C15H13N3O. The maximum Gasteiger partial charge on any atom is 0.251 e. The molecule has 2 rings (SSSR count). The molecule has 0 aliphatic heterocycles. The standard InChI is InChI=1S/C15H13N3O/c16-9-8-12-5-1-2-7-14(12)15(19)18-11-13-6-3-4-10-17-13/h1-7,10H,8,11H2,(H,18,19). The number of nitrogens with one attached hydrogen (secondary N) is 1. The number of carbonyl (C=O) groups is 1. The molecule has 0 spiro atoms. The Balaban J connectivity index is 2.06. The summed E-state index contributed by atoms with van der Waals surface area (Å²) in [5.41, 5.74) is 2.08. The zero-order chi connectivity index (χ0) is 13.5. The van der Waals surface area contributed by atoms with Gasteiger partial charge in [-0.15, -0.1) is 0 Å². The third-order valence-corrected chi connectivity index (χ3v) is 2.69. The molecule has 2 aromatic rings. The van der Waals surface area contributed by atoms with Crippen molar-refractivity contribution in [2.24, 2.45) is 0 Å². The second kappa shape index (κ2) is 6.31. The van der Waals surface area contributed by atoms with E-state index in [0.717, 1.165) is 11.3 Å². The lowest BCUT2D eigenvalue weighted by atomic mass is 10.0. The van der Waals surface area contributed by atoms with Gasteiger partial charge in [-0.2, -0.15) is 5.26 Å². The van der Waals surface area contributed by atoms with Crippen LogP contribution in [0.4, 0.5) is 0 Å². The molecular weight excluding hydrogens is 238 g/mol. The third-order valence-electron chi connectivity index (χ3n) is 2.69. The molecule has 0 unspecified atom stereocenters. The zero-order valence-corrected chi connectivity index (χ0v) is 10.3. The highest BCUT2D eigenvalue weighted by Gasteiger charge is 2.10. The molecule has 19 heavy (non-hydrogen) atoms. The summed E-state index contributed by atoms with van der Waals surface area (Å²) in [5, 5.41) is 11.5. The van der Waals surface area contributed by atoms with Crippen molar-refractivity contribution in [1.29, 1.82) is 5.26 Å². The number of aromatic nitrogens is 1. The predicted octanol–water partition coefficient (Wildman–Crippen LogP) is 2.08. The number of hydrogen-bond donors (Lipinski definition) is 1. The van der Waals surface area contributed by atoms with Crippen LogP contribution >= 0.6 is 0 Å². The molecule has 0 bridgehead atoms. The molecule has 1 N–H and O–H groups in total. The first-order valence-electron chi connectivity index (χ1n) is 5.94. The molecule has 4 nitrogen and oxygen atoms in total. The minimum absolute atomic E-state index is 0.184. The highest BCUT2D eigenvalue weighted by molar-refractivity contribution is 5.95. The van der Waals surface area contributed by atoms with Crippen LogP contribution in [0.1, 0.15) is 21.6 Å². The van der Waals surface area contributed by atoms with Crippen LogP contribution in [0.25, 0.3) is 0 Å². The Morgan fingerprint density at radius 3 is 2.74 bits per heavy atom. The summed E-state index contributed by atoms with van der Waals surface area (Å²) in [7, 11) is 0. The van der Waals surface area contributed by atoms with Gasteiger partial charge in [-0.3, -0.25) is 9.78 Å². The second-order valence-electron chi connectivity index (χ2n) is 4.00. The summed E-state index contributed by atoms with van der Waals surface area (Å²) in [5.74, 6) is -0.184. The van der Waals surface area contributed by atoms with E-state index in [1.165, 1.54) is 0 Å². The van der Waals surface area contributed by atoms with Crippen LogP contribution in [0.3, 0.4) is 0 Å². The maximum atomic E-state index is 12.1. The number of amides is 1. The van der Waals surface area contributed by atoms with E-state index in [1.54, 1.807) is 24.4 Å². The Morgan fingerprint density at radius 2 is 2.00 bits per heavy atom. The third kappa shape index (κ3) is 3.39. The minimum Gasteiger partial charge on any atom is -0.346 e. The Labute approximate surface area is 111 Å². The number of rotatable bonds is 4. The van der Waals surface area contributed by atoms with Gasteiger partial charge in [0, 0.05) is 11.8 Å². The lowest BCUT2D eigenvalue weighted by molar-refractivity contribution is 0.0949. The highest BCUT2D eigenvalue weighted by Crippen LogP contribution is 2.09. The van der Waals surface area contributed by atoms with Gasteiger partial charge in [-0.25, -0.2) is 0 Å². The van der Waals surface area contributed by atoms with E-state index in [-0.39, 0.29) is 12.3 Å². The van der Waals surface area contributed by atoms with Gasteiger partial charge < -0.3 is 5.32 Å². The van der Waals surface area contributed by atoms with E-state index in [9.17, 15) is 4.79 Å². The average molecular weight is 251 g/mol. The molecule has 0 saturated carbocycles. The molecule has 1 amide bonds. The molecule has 1 heterocycles. The fourth-order valence-electron chi connectivity index (χ4n) is 1.75.